The molecular formula is C29H35Cl. The number of benzene rings is 2. The van der Waals surface area contributed by atoms with E-state index in [-0.39, 0.29) is 0 Å². The Bertz CT molecular complexity index is 852. The lowest BCUT2D eigenvalue weighted by atomic mass is 9.63. The van der Waals surface area contributed by atoms with Crippen molar-refractivity contribution in [1.82, 2.24) is 0 Å². The maximum atomic E-state index is 5.95. The molecule has 158 valence electrons. The molecule has 0 saturated heterocycles. The maximum absolute atomic E-state index is 5.95. The first-order valence-electron chi connectivity index (χ1n) is 12.1. The molecule has 2 fully saturated rings. The van der Waals surface area contributed by atoms with Crippen molar-refractivity contribution in [3.8, 4) is 11.8 Å². The highest BCUT2D eigenvalue weighted by Crippen LogP contribution is 2.48. The molecule has 2 aliphatic rings. The molecule has 30 heavy (non-hydrogen) atoms. The van der Waals surface area contributed by atoms with Crippen LogP contribution in [0.1, 0.15) is 93.7 Å². The summed E-state index contributed by atoms with van der Waals surface area (Å²) in [5, 5.41) is 0.754. The van der Waals surface area contributed by atoms with Gasteiger partial charge in [-0.15, -0.1) is 0 Å². The predicted octanol–water partition coefficient (Wildman–Crippen LogP) is 8.62. The Hall–Kier alpha value is -1.71. The van der Waals surface area contributed by atoms with Crippen molar-refractivity contribution >= 4 is 11.6 Å². The first-order valence-corrected chi connectivity index (χ1v) is 12.5. The van der Waals surface area contributed by atoms with Crippen LogP contribution < -0.4 is 0 Å². The van der Waals surface area contributed by atoms with Gasteiger partial charge in [-0.1, -0.05) is 74.6 Å². The first kappa shape index (κ1) is 21.5. The summed E-state index contributed by atoms with van der Waals surface area (Å²) in [6.07, 6.45) is 14.4. The molecule has 4 atom stereocenters. The fraction of sp³-hybridized carbons (Fsp3) is 0.517. The number of unbranched alkanes of at least 4 members (excludes halogenated alkanes) is 2. The molecule has 0 heterocycles. The zero-order valence-electron chi connectivity index (χ0n) is 18.4. The highest BCUT2D eigenvalue weighted by molar-refractivity contribution is 6.30. The van der Waals surface area contributed by atoms with Crippen LogP contribution in [0.5, 0.6) is 0 Å². The lowest BCUT2D eigenvalue weighted by Gasteiger charge is -2.42. The Morgan fingerprint density at radius 2 is 1.40 bits per heavy atom. The highest BCUT2D eigenvalue weighted by Gasteiger charge is 2.35. The fourth-order valence-electron chi connectivity index (χ4n) is 5.75. The summed E-state index contributed by atoms with van der Waals surface area (Å²) < 4.78 is 0. The smallest absolute Gasteiger partial charge is 0.0406 e. The van der Waals surface area contributed by atoms with Crippen molar-refractivity contribution in [2.75, 3.05) is 0 Å². The van der Waals surface area contributed by atoms with E-state index in [4.69, 9.17) is 11.6 Å². The van der Waals surface area contributed by atoms with Crippen LogP contribution in [0.25, 0.3) is 0 Å². The largest absolute Gasteiger partial charge is 0.0843 e. The normalized spacial score (nSPS) is 25.8. The Morgan fingerprint density at radius 3 is 2.10 bits per heavy atom. The molecule has 2 aliphatic carbocycles. The molecule has 0 nitrogen and oxygen atoms in total. The second-order valence-corrected chi connectivity index (χ2v) is 10.0. The van der Waals surface area contributed by atoms with Gasteiger partial charge in [-0.05, 0) is 97.7 Å². The molecule has 4 rings (SSSR count). The van der Waals surface area contributed by atoms with E-state index in [2.05, 4.69) is 43.0 Å². The third-order valence-electron chi connectivity index (χ3n) is 7.52. The molecule has 0 amide bonds. The number of fused-ring (bicyclic) bond motifs is 1. The van der Waals surface area contributed by atoms with Crippen molar-refractivity contribution in [2.24, 2.45) is 17.8 Å². The van der Waals surface area contributed by atoms with Gasteiger partial charge in [0.25, 0.3) is 0 Å². The summed E-state index contributed by atoms with van der Waals surface area (Å²) in [4.78, 5) is 0. The minimum absolute atomic E-state index is 0.751. The minimum Gasteiger partial charge on any atom is -0.0843 e. The Labute approximate surface area is 188 Å². The topological polar surface area (TPSA) is 0 Å². The van der Waals surface area contributed by atoms with Crippen LogP contribution in [-0.4, -0.2) is 0 Å². The Morgan fingerprint density at radius 1 is 0.767 bits per heavy atom. The van der Waals surface area contributed by atoms with Gasteiger partial charge >= 0.3 is 0 Å². The third kappa shape index (κ3) is 5.70. The van der Waals surface area contributed by atoms with Gasteiger partial charge in [0.05, 0.1) is 0 Å². The fourth-order valence-corrected chi connectivity index (χ4v) is 5.88. The van der Waals surface area contributed by atoms with E-state index in [1.165, 1.54) is 69.8 Å². The number of rotatable bonds is 5. The number of hydrogen-bond donors (Lipinski definition) is 0. The molecule has 0 N–H and O–H groups in total. The molecule has 0 spiro atoms. The summed E-state index contributed by atoms with van der Waals surface area (Å²) in [5.74, 6) is 10.3. The summed E-state index contributed by atoms with van der Waals surface area (Å²) in [6.45, 7) is 2.32. The molecule has 2 saturated carbocycles. The maximum Gasteiger partial charge on any atom is 0.0406 e. The molecule has 0 radical (unpaired) electrons. The molecule has 2 aromatic carbocycles. The van der Waals surface area contributed by atoms with Crippen LogP contribution in [0, 0.1) is 29.6 Å². The van der Waals surface area contributed by atoms with E-state index in [1.807, 2.05) is 24.3 Å². The third-order valence-corrected chi connectivity index (χ3v) is 7.77. The predicted molar refractivity (Wildman–Crippen MR) is 129 cm³/mol. The Balaban J connectivity index is 1.31. The van der Waals surface area contributed by atoms with Crippen LogP contribution in [0.15, 0.2) is 48.5 Å². The molecule has 0 aliphatic heterocycles. The van der Waals surface area contributed by atoms with Gasteiger partial charge in [-0.25, -0.2) is 0 Å². The van der Waals surface area contributed by atoms with Gasteiger partial charge in [-0.2, -0.15) is 0 Å². The summed E-state index contributed by atoms with van der Waals surface area (Å²) in [6, 6.07) is 16.8. The quantitative estimate of drug-likeness (QED) is 0.336. The van der Waals surface area contributed by atoms with Crippen LogP contribution >= 0.6 is 11.6 Å². The van der Waals surface area contributed by atoms with Gasteiger partial charge in [0.15, 0.2) is 0 Å². The van der Waals surface area contributed by atoms with Crippen molar-refractivity contribution in [1.29, 1.82) is 0 Å². The van der Waals surface area contributed by atoms with Crippen LogP contribution in [0.4, 0.5) is 0 Å². The number of hydrogen-bond acceptors (Lipinski definition) is 0. The van der Waals surface area contributed by atoms with Crippen LogP contribution in [-0.2, 0) is 0 Å². The van der Waals surface area contributed by atoms with Crippen LogP contribution in [0.2, 0.25) is 5.02 Å². The van der Waals surface area contributed by atoms with Crippen molar-refractivity contribution in [2.45, 2.75) is 77.0 Å². The molecule has 2 aromatic rings. The van der Waals surface area contributed by atoms with Crippen molar-refractivity contribution in [3.63, 3.8) is 0 Å². The minimum atomic E-state index is 0.751. The molecule has 0 aromatic heterocycles. The molecule has 1 heteroatoms. The molecule has 4 unspecified atom stereocenters. The summed E-state index contributed by atoms with van der Waals surface area (Å²) >= 11 is 5.95. The average molecular weight is 419 g/mol. The number of halogens is 1. The molecular weight excluding hydrogens is 384 g/mol. The van der Waals surface area contributed by atoms with E-state index >= 15 is 0 Å². The van der Waals surface area contributed by atoms with Gasteiger partial charge < -0.3 is 0 Å². The summed E-state index contributed by atoms with van der Waals surface area (Å²) in [7, 11) is 0. The van der Waals surface area contributed by atoms with Gasteiger partial charge in [0, 0.05) is 16.1 Å². The van der Waals surface area contributed by atoms with Gasteiger partial charge in [-0.3, -0.25) is 0 Å². The zero-order chi connectivity index (χ0) is 20.8. The second-order valence-electron chi connectivity index (χ2n) is 9.58. The first-order chi connectivity index (χ1) is 14.7. The van der Waals surface area contributed by atoms with Crippen molar-refractivity contribution < 1.29 is 0 Å². The van der Waals surface area contributed by atoms with E-state index in [1.54, 1.807) is 0 Å². The van der Waals surface area contributed by atoms with Gasteiger partial charge in [0.1, 0.15) is 0 Å². The SMILES string of the molecule is CCCCCC1CCC2CC(c3ccc(C#Cc4ccc(Cl)cc4)cc3)CCC2C1. The molecule has 0 bridgehead atoms. The van der Waals surface area contributed by atoms with E-state index < -0.39 is 0 Å². The second kappa shape index (κ2) is 10.5. The van der Waals surface area contributed by atoms with E-state index in [0.29, 0.717) is 0 Å². The lowest BCUT2D eigenvalue weighted by molar-refractivity contribution is 0.113. The monoisotopic (exact) mass is 418 g/mol. The zero-order valence-corrected chi connectivity index (χ0v) is 19.1. The van der Waals surface area contributed by atoms with E-state index in [9.17, 15) is 0 Å². The standard InChI is InChI=1S/C29H35Cl/c1-2-3-4-5-24-10-15-28-21-27(17-16-26(28)20-24)25-13-8-22(9-14-25)6-7-23-11-18-29(30)19-12-23/h8-9,11-14,18-19,24,26-28H,2-5,10,15-17,20-21H2,1H3. The van der Waals surface area contributed by atoms with Crippen molar-refractivity contribution in [3.05, 3.63) is 70.2 Å². The van der Waals surface area contributed by atoms with E-state index in [0.717, 1.165) is 39.8 Å². The summed E-state index contributed by atoms with van der Waals surface area (Å²) in [5.41, 5.74) is 3.62. The average Bonchev–Trinajstić information content (AvgIpc) is 2.79. The van der Waals surface area contributed by atoms with Gasteiger partial charge in [0.2, 0.25) is 0 Å². The Kier molecular flexibility index (Phi) is 7.57. The highest BCUT2D eigenvalue weighted by atomic mass is 35.5. The van der Waals surface area contributed by atoms with Crippen LogP contribution in [0.3, 0.4) is 0 Å². The lowest BCUT2D eigenvalue weighted by Crippen LogP contribution is -2.30.